The first-order valence-corrected chi connectivity index (χ1v) is 9.10. The van der Waals surface area contributed by atoms with Gasteiger partial charge in [0.15, 0.2) is 0 Å². The minimum atomic E-state index is 0.0481. The topological polar surface area (TPSA) is 59.6 Å². The molecule has 136 valence electrons. The van der Waals surface area contributed by atoms with Gasteiger partial charge < -0.3 is 14.0 Å². The van der Waals surface area contributed by atoms with Gasteiger partial charge in [-0.25, -0.2) is 9.97 Å². The summed E-state index contributed by atoms with van der Waals surface area (Å²) in [7, 11) is 0. The van der Waals surface area contributed by atoms with Crippen molar-refractivity contribution >= 4 is 23.2 Å². The number of nitrogens with one attached hydrogen (secondary N) is 1. The molecule has 1 N–H and O–H groups in total. The lowest BCUT2D eigenvalue weighted by atomic mass is 9.98. The SMILES string of the molecule is C(=Cc1ccco1)c1nc2cc(C(c3ccccc3)n3ccnc3)ccc2[nH]1. The highest BCUT2D eigenvalue weighted by Gasteiger charge is 2.16. The normalized spacial score (nSPS) is 12.7. The summed E-state index contributed by atoms with van der Waals surface area (Å²) in [5.41, 5.74) is 4.29. The summed E-state index contributed by atoms with van der Waals surface area (Å²) >= 11 is 0. The van der Waals surface area contributed by atoms with Crippen LogP contribution in [-0.2, 0) is 0 Å². The van der Waals surface area contributed by atoms with Gasteiger partial charge in [-0.05, 0) is 47.5 Å². The van der Waals surface area contributed by atoms with Crippen LogP contribution in [-0.4, -0.2) is 19.5 Å². The number of hydrogen-bond donors (Lipinski definition) is 1. The standard InChI is InChI=1S/C23H18N4O/c1-2-5-17(6-3-1)23(27-13-12-24-16-27)18-8-10-20-21(15-18)26-22(25-20)11-9-19-7-4-14-28-19/h1-16,23H,(H,25,26). The van der Waals surface area contributed by atoms with E-state index in [0.717, 1.165) is 28.2 Å². The van der Waals surface area contributed by atoms with Crippen LogP contribution in [0.25, 0.3) is 23.2 Å². The second-order valence-electron chi connectivity index (χ2n) is 6.57. The Morgan fingerprint density at radius 3 is 2.68 bits per heavy atom. The second kappa shape index (κ2) is 7.04. The zero-order chi connectivity index (χ0) is 18.8. The third-order valence-electron chi connectivity index (χ3n) is 4.73. The third-order valence-corrected chi connectivity index (χ3v) is 4.73. The number of aromatic nitrogens is 4. The molecule has 1 unspecified atom stereocenters. The smallest absolute Gasteiger partial charge is 0.131 e. The molecule has 2 aromatic carbocycles. The van der Waals surface area contributed by atoms with Gasteiger partial charge in [-0.1, -0.05) is 36.4 Å². The van der Waals surface area contributed by atoms with Gasteiger partial charge in [0.1, 0.15) is 11.6 Å². The maximum Gasteiger partial charge on any atom is 0.131 e. The molecule has 5 rings (SSSR count). The highest BCUT2D eigenvalue weighted by molar-refractivity contribution is 5.79. The molecular weight excluding hydrogens is 348 g/mol. The van der Waals surface area contributed by atoms with Crippen LogP contribution < -0.4 is 0 Å². The van der Waals surface area contributed by atoms with E-state index in [9.17, 15) is 0 Å². The zero-order valence-corrected chi connectivity index (χ0v) is 15.1. The first kappa shape index (κ1) is 16.3. The Balaban J connectivity index is 1.54. The number of H-pyrrole nitrogens is 1. The summed E-state index contributed by atoms with van der Waals surface area (Å²) in [5, 5.41) is 0. The minimum absolute atomic E-state index is 0.0481. The summed E-state index contributed by atoms with van der Waals surface area (Å²) < 4.78 is 7.45. The number of nitrogens with zero attached hydrogens (tertiary/aromatic N) is 3. The molecule has 0 saturated heterocycles. The van der Waals surface area contributed by atoms with E-state index in [1.807, 2.05) is 42.9 Å². The molecule has 0 bridgehead atoms. The van der Waals surface area contributed by atoms with Crippen molar-refractivity contribution < 1.29 is 4.42 Å². The molecule has 5 heteroatoms. The molecule has 0 amide bonds. The molecule has 5 nitrogen and oxygen atoms in total. The van der Waals surface area contributed by atoms with Crippen LogP contribution in [0.4, 0.5) is 0 Å². The van der Waals surface area contributed by atoms with Crippen molar-refractivity contribution in [1.29, 1.82) is 0 Å². The molecule has 0 saturated carbocycles. The molecule has 0 aliphatic heterocycles. The number of benzene rings is 2. The van der Waals surface area contributed by atoms with E-state index in [1.165, 1.54) is 5.56 Å². The predicted molar refractivity (Wildman–Crippen MR) is 110 cm³/mol. The Bertz CT molecular complexity index is 1200. The summed E-state index contributed by atoms with van der Waals surface area (Å²) in [6, 6.07) is 20.6. The number of imidazole rings is 2. The Morgan fingerprint density at radius 2 is 1.89 bits per heavy atom. The summed E-state index contributed by atoms with van der Waals surface area (Å²) in [6.07, 6.45) is 11.1. The van der Waals surface area contributed by atoms with Gasteiger partial charge in [0.2, 0.25) is 0 Å². The molecule has 5 aromatic rings. The molecule has 3 aromatic heterocycles. The number of fused-ring (bicyclic) bond motifs is 1. The molecular formula is C23H18N4O. The second-order valence-corrected chi connectivity index (χ2v) is 6.57. The van der Waals surface area contributed by atoms with E-state index in [1.54, 1.807) is 12.5 Å². The first-order chi connectivity index (χ1) is 13.9. The maximum absolute atomic E-state index is 5.33. The maximum atomic E-state index is 5.33. The van der Waals surface area contributed by atoms with Crippen molar-refractivity contribution in [3.8, 4) is 0 Å². The number of furan rings is 1. The van der Waals surface area contributed by atoms with Gasteiger partial charge in [-0.2, -0.15) is 0 Å². The molecule has 0 radical (unpaired) electrons. The largest absolute Gasteiger partial charge is 0.465 e. The van der Waals surface area contributed by atoms with E-state index in [0.29, 0.717) is 0 Å². The van der Waals surface area contributed by atoms with E-state index >= 15 is 0 Å². The van der Waals surface area contributed by atoms with Crippen LogP contribution in [0.2, 0.25) is 0 Å². The summed E-state index contributed by atoms with van der Waals surface area (Å²) in [5.74, 6) is 1.59. The van der Waals surface area contributed by atoms with Gasteiger partial charge in [0.25, 0.3) is 0 Å². The average molecular weight is 366 g/mol. The Kier molecular flexibility index (Phi) is 4.10. The van der Waals surface area contributed by atoms with Crippen LogP contribution in [0.15, 0.2) is 90.1 Å². The number of rotatable bonds is 5. The summed E-state index contributed by atoms with van der Waals surface area (Å²) in [6.45, 7) is 0. The van der Waals surface area contributed by atoms with Gasteiger partial charge in [-0.15, -0.1) is 0 Å². The van der Waals surface area contributed by atoms with E-state index in [-0.39, 0.29) is 6.04 Å². The lowest BCUT2D eigenvalue weighted by molar-refractivity contribution is 0.557. The van der Waals surface area contributed by atoms with E-state index in [2.05, 4.69) is 57.0 Å². The van der Waals surface area contributed by atoms with Crippen LogP contribution >= 0.6 is 0 Å². The fourth-order valence-electron chi connectivity index (χ4n) is 3.43. The van der Waals surface area contributed by atoms with Gasteiger partial charge >= 0.3 is 0 Å². The zero-order valence-electron chi connectivity index (χ0n) is 15.1. The van der Waals surface area contributed by atoms with Crippen molar-refractivity contribution in [3.05, 3.63) is 108 Å². The lowest BCUT2D eigenvalue weighted by Gasteiger charge is -2.19. The van der Waals surface area contributed by atoms with Crippen molar-refractivity contribution in [3.63, 3.8) is 0 Å². The average Bonchev–Trinajstić information content (AvgIpc) is 3.49. The molecule has 0 fully saturated rings. The molecule has 28 heavy (non-hydrogen) atoms. The quantitative estimate of drug-likeness (QED) is 0.467. The molecule has 3 heterocycles. The van der Waals surface area contributed by atoms with E-state index in [4.69, 9.17) is 9.40 Å². The Hall–Kier alpha value is -3.86. The molecule has 0 aliphatic rings. The minimum Gasteiger partial charge on any atom is -0.465 e. The van der Waals surface area contributed by atoms with Crippen LogP contribution in [0.3, 0.4) is 0 Å². The Labute approximate surface area is 162 Å². The summed E-state index contributed by atoms with van der Waals surface area (Å²) in [4.78, 5) is 12.3. The van der Waals surface area contributed by atoms with Crippen LogP contribution in [0, 0.1) is 0 Å². The fourth-order valence-corrected chi connectivity index (χ4v) is 3.43. The van der Waals surface area contributed by atoms with Gasteiger partial charge in [-0.3, -0.25) is 0 Å². The molecule has 0 aliphatic carbocycles. The van der Waals surface area contributed by atoms with Gasteiger partial charge in [0.05, 0.1) is 29.7 Å². The van der Waals surface area contributed by atoms with Crippen LogP contribution in [0.5, 0.6) is 0 Å². The monoisotopic (exact) mass is 366 g/mol. The molecule has 1 atom stereocenters. The molecule has 0 spiro atoms. The highest BCUT2D eigenvalue weighted by atomic mass is 16.3. The van der Waals surface area contributed by atoms with Crippen molar-refractivity contribution in [2.45, 2.75) is 6.04 Å². The van der Waals surface area contributed by atoms with Crippen molar-refractivity contribution in [2.24, 2.45) is 0 Å². The number of aromatic amines is 1. The third kappa shape index (κ3) is 3.14. The first-order valence-electron chi connectivity index (χ1n) is 9.10. The highest BCUT2D eigenvalue weighted by Crippen LogP contribution is 2.28. The van der Waals surface area contributed by atoms with Gasteiger partial charge in [0, 0.05) is 12.4 Å². The lowest BCUT2D eigenvalue weighted by Crippen LogP contribution is -2.10. The Morgan fingerprint density at radius 1 is 0.964 bits per heavy atom. The number of hydrogen-bond acceptors (Lipinski definition) is 3. The predicted octanol–water partition coefficient (Wildman–Crippen LogP) is 5.16. The van der Waals surface area contributed by atoms with Crippen LogP contribution in [0.1, 0.15) is 28.8 Å². The van der Waals surface area contributed by atoms with E-state index < -0.39 is 0 Å². The van der Waals surface area contributed by atoms with Crippen molar-refractivity contribution in [2.75, 3.05) is 0 Å². The van der Waals surface area contributed by atoms with Crippen molar-refractivity contribution in [1.82, 2.24) is 19.5 Å². The fraction of sp³-hybridized carbons (Fsp3) is 0.0435.